The fraction of sp³-hybridized carbons (Fsp3) is 0.321. The molecular weight excluding hydrogens is 396 g/mol. The van der Waals surface area contributed by atoms with Gasteiger partial charge in [0.1, 0.15) is 5.41 Å². The van der Waals surface area contributed by atoms with Gasteiger partial charge in [0.2, 0.25) is 5.91 Å². The molecule has 0 saturated carbocycles. The van der Waals surface area contributed by atoms with Gasteiger partial charge in [0.15, 0.2) is 0 Å². The predicted molar refractivity (Wildman–Crippen MR) is 126 cm³/mol. The molecule has 2 saturated heterocycles. The van der Waals surface area contributed by atoms with Crippen molar-refractivity contribution in [3.05, 3.63) is 108 Å². The Morgan fingerprint density at radius 3 is 1.75 bits per heavy atom. The summed E-state index contributed by atoms with van der Waals surface area (Å²) >= 11 is 0. The number of nitrogens with one attached hydrogen (secondary N) is 1. The van der Waals surface area contributed by atoms with Gasteiger partial charge in [-0.3, -0.25) is 4.79 Å². The number of likely N-dealkylation sites (tertiary alicyclic amines) is 1. The van der Waals surface area contributed by atoms with Crippen LogP contribution in [0.15, 0.2) is 91.0 Å². The largest absolute Gasteiger partial charge is 0.385 e. The quantitative estimate of drug-likeness (QED) is 0.654. The average Bonchev–Trinajstić information content (AvgIpc) is 3.18. The topological polar surface area (TPSA) is 52.6 Å². The highest BCUT2D eigenvalue weighted by Crippen LogP contribution is 2.44. The number of amides is 1. The standard InChI is InChI=1S/C28H30N2O2/c31-26-28(23-12-6-2-7-13-23,24-14-8-3-9-15-24)25(20-29-26)21-30-18-16-27(32,17-19-30)22-10-4-1-5-11-22/h1-15,25,32H,16-21H2,(H,29,31). The summed E-state index contributed by atoms with van der Waals surface area (Å²) in [6.07, 6.45) is 1.41. The SMILES string of the molecule is O=C1NCC(CN2CCC(O)(c3ccccc3)CC2)C1(c1ccccc1)c1ccccc1. The summed E-state index contributed by atoms with van der Waals surface area (Å²) in [4.78, 5) is 15.9. The molecule has 2 N–H and O–H groups in total. The van der Waals surface area contributed by atoms with E-state index in [9.17, 15) is 9.90 Å². The van der Waals surface area contributed by atoms with Crippen LogP contribution in [-0.2, 0) is 15.8 Å². The third-order valence-corrected chi connectivity index (χ3v) is 7.41. The zero-order chi connectivity index (χ0) is 22.0. The third-order valence-electron chi connectivity index (χ3n) is 7.41. The summed E-state index contributed by atoms with van der Waals surface area (Å²) < 4.78 is 0. The van der Waals surface area contributed by atoms with Gasteiger partial charge in [-0.2, -0.15) is 0 Å². The van der Waals surface area contributed by atoms with Crippen molar-refractivity contribution in [2.45, 2.75) is 23.9 Å². The van der Waals surface area contributed by atoms with Crippen LogP contribution in [0.25, 0.3) is 0 Å². The molecule has 164 valence electrons. The second-order valence-corrected chi connectivity index (χ2v) is 9.15. The monoisotopic (exact) mass is 426 g/mol. The van der Waals surface area contributed by atoms with E-state index in [0.29, 0.717) is 19.4 Å². The lowest BCUT2D eigenvalue weighted by molar-refractivity contribution is -0.123. The molecule has 1 amide bonds. The Labute approximate surface area is 189 Å². The molecule has 0 aliphatic carbocycles. The molecule has 0 spiro atoms. The molecule has 3 aromatic carbocycles. The number of piperidine rings is 1. The number of aliphatic hydroxyl groups is 1. The Balaban J connectivity index is 1.41. The predicted octanol–water partition coefficient (Wildman–Crippen LogP) is 3.70. The second kappa shape index (κ2) is 8.53. The summed E-state index contributed by atoms with van der Waals surface area (Å²) in [7, 11) is 0. The van der Waals surface area contributed by atoms with E-state index in [-0.39, 0.29) is 11.8 Å². The number of nitrogens with zero attached hydrogens (tertiary/aromatic N) is 1. The van der Waals surface area contributed by atoms with Gasteiger partial charge in [0.05, 0.1) is 5.60 Å². The first-order chi connectivity index (χ1) is 15.6. The molecule has 0 bridgehead atoms. The second-order valence-electron chi connectivity index (χ2n) is 9.15. The van der Waals surface area contributed by atoms with E-state index >= 15 is 0 Å². The van der Waals surface area contributed by atoms with E-state index in [1.54, 1.807) is 0 Å². The number of carbonyl (C=O) groups excluding carboxylic acids is 1. The zero-order valence-electron chi connectivity index (χ0n) is 18.3. The van der Waals surface area contributed by atoms with Gasteiger partial charge < -0.3 is 15.3 Å². The smallest absolute Gasteiger partial charge is 0.235 e. The van der Waals surface area contributed by atoms with Crippen LogP contribution in [0.5, 0.6) is 0 Å². The minimum atomic E-state index is -0.766. The van der Waals surface area contributed by atoms with Gasteiger partial charge in [-0.05, 0) is 29.5 Å². The molecule has 4 heteroatoms. The Hall–Kier alpha value is -2.95. The van der Waals surface area contributed by atoms with Crippen molar-refractivity contribution < 1.29 is 9.90 Å². The van der Waals surface area contributed by atoms with E-state index in [2.05, 4.69) is 34.5 Å². The van der Waals surface area contributed by atoms with Crippen molar-refractivity contribution >= 4 is 5.91 Å². The molecule has 2 aliphatic heterocycles. The van der Waals surface area contributed by atoms with Gasteiger partial charge in [-0.15, -0.1) is 0 Å². The molecule has 2 heterocycles. The first-order valence-electron chi connectivity index (χ1n) is 11.5. The van der Waals surface area contributed by atoms with Crippen molar-refractivity contribution in [3.8, 4) is 0 Å². The van der Waals surface area contributed by atoms with Crippen LogP contribution in [-0.4, -0.2) is 42.1 Å². The van der Waals surface area contributed by atoms with Gasteiger partial charge in [-0.25, -0.2) is 0 Å². The number of benzene rings is 3. The van der Waals surface area contributed by atoms with Gasteiger partial charge >= 0.3 is 0 Å². The van der Waals surface area contributed by atoms with Crippen molar-refractivity contribution in [3.63, 3.8) is 0 Å². The Morgan fingerprint density at radius 1 is 0.781 bits per heavy atom. The molecule has 32 heavy (non-hydrogen) atoms. The Bertz CT molecular complexity index is 1010. The van der Waals surface area contributed by atoms with Crippen molar-refractivity contribution in [1.29, 1.82) is 0 Å². The van der Waals surface area contributed by atoms with Crippen LogP contribution < -0.4 is 5.32 Å². The van der Waals surface area contributed by atoms with Crippen molar-refractivity contribution in [2.24, 2.45) is 5.92 Å². The van der Waals surface area contributed by atoms with Crippen molar-refractivity contribution in [1.82, 2.24) is 10.2 Å². The van der Waals surface area contributed by atoms with Crippen LogP contribution in [0.2, 0.25) is 0 Å². The maximum Gasteiger partial charge on any atom is 0.235 e. The molecule has 1 unspecified atom stereocenters. The van der Waals surface area contributed by atoms with Crippen molar-refractivity contribution in [2.75, 3.05) is 26.2 Å². The van der Waals surface area contributed by atoms with Crippen LogP contribution in [0.4, 0.5) is 0 Å². The molecule has 2 aliphatic rings. The maximum atomic E-state index is 13.5. The summed E-state index contributed by atoms with van der Waals surface area (Å²) in [5.41, 5.74) is 1.63. The summed E-state index contributed by atoms with van der Waals surface area (Å²) in [6.45, 7) is 3.10. The van der Waals surface area contributed by atoms with Gasteiger partial charge in [0.25, 0.3) is 0 Å². The Morgan fingerprint density at radius 2 is 1.25 bits per heavy atom. The fourth-order valence-corrected chi connectivity index (χ4v) is 5.65. The molecule has 0 radical (unpaired) electrons. The van der Waals surface area contributed by atoms with Crippen LogP contribution in [0.3, 0.4) is 0 Å². The van der Waals surface area contributed by atoms with E-state index in [1.165, 1.54) is 0 Å². The van der Waals surface area contributed by atoms with E-state index in [4.69, 9.17) is 0 Å². The van der Waals surface area contributed by atoms with Gasteiger partial charge in [0, 0.05) is 32.1 Å². The number of carbonyl (C=O) groups is 1. The van der Waals surface area contributed by atoms with Gasteiger partial charge in [-0.1, -0.05) is 91.0 Å². The zero-order valence-corrected chi connectivity index (χ0v) is 18.3. The average molecular weight is 427 g/mol. The summed E-state index contributed by atoms with van der Waals surface area (Å²) in [6, 6.07) is 30.4. The number of hydrogen-bond donors (Lipinski definition) is 2. The lowest BCUT2D eigenvalue weighted by Gasteiger charge is -2.42. The number of rotatable bonds is 5. The highest BCUT2D eigenvalue weighted by Gasteiger charge is 2.53. The van der Waals surface area contributed by atoms with Crippen LogP contribution in [0.1, 0.15) is 29.5 Å². The van der Waals surface area contributed by atoms with E-state index < -0.39 is 11.0 Å². The normalized spacial score (nSPS) is 22.4. The minimum Gasteiger partial charge on any atom is -0.385 e. The summed E-state index contributed by atoms with van der Waals surface area (Å²) in [5, 5.41) is 14.4. The highest BCUT2D eigenvalue weighted by atomic mass is 16.3. The Kier molecular flexibility index (Phi) is 5.58. The van der Waals surface area contributed by atoms with E-state index in [0.717, 1.165) is 36.3 Å². The fourth-order valence-electron chi connectivity index (χ4n) is 5.65. The minimum absolute atomic E-state index is 0.0812. The highest BCUT2D eigenvalue weighted by molar-refractivity contribution is 5.94. The maximum absolute atomic E-state index is 13.5. The lowest BCUT2D eigenvalue weighted by atomic mass is 9.67. The first kappa shape index (κ1) is 20.9. The van der Waals surface area contributed by atoms with E-state index in [1.807, 2.05) is 66.7 Å². The molecule has 4 nitrogen and oxygen atoms in total. The first-order valence-corrected chi connectivity index (χ1v) is 11.5. The third kappa shape index (κ3) is 3.54. The molecular formula is C28H30N2O2. The van der Waals surface area contributed by atoms with Crippen LogP contribution in [0, 0.1) is 5.92 Å². The molecule has 2 fully saturated rings. The molecule has 0 aromatic heterocycles. The van der Waals surface area contributed by atoms with Crippen LogP contribution >= 0.6 is 0 Å². The molecule has 3 aromatic rings. The lowest BCUT2D eigenvalue weighted by Crippen LogP contribution is -2.49. The molecule has 1 atom stereocenters. The number of hydrogen-bond acceptors (Lipinski definition) is 3. The summed E-state index contributed by atoms with van der Waals surface area (Å²) in [5.74, 6) is 0.195. The molecule has 5 rings (SSSR count).